The largest absolute Gasteiger partial charge is 0.494 e. The molecule has 6 nitrogen and oxygen atoms in total. The van der Waals surface area contributed by atoms with E-state index in [1.807, 2.05) is 35.8 Å². The number of nitrogens with zero attached hydrogens (tertiary/aromatic N) is 3. The van der Waals surface area contributed by atoms with Crippen LogP contribution in [0.25, 0.3) is 17.1 Å². The van der Waals surface area contributed by atoms with Gasteiger partial charge in [0.2, 0.25) is 5.91 Å². The molecular weight excluding hydrogens is 492 g/mol. The Morgan fingerprint density at radius 1 is 0.972 bits per heavy atom. The van der Waals surface area contributed by atoms with Crippen molar-refractivity contribution in [1.29, 1.82) is 0 Å². The molecule has 0 saturated heterocycles. The lowest BCUT2D eigenvalue weighted by Crippen LogP contribution is -2.14. The van der Waals surface area contributed by atoms with Crippen LogP contribution in [0.2, 0.25) is 5.02 Å². The highest BCUT2D eigenvalue weighted by Crippen LogP contribution is 2.31. The summed E-state index contributed by atoms with van der Waals surface area (Å²) in [5.41, 5.74) is 3.82. The van der Waals surface area contributed by atoms with Crippen molar-refractivity contribution in [2.24, 2.45) is 0 Å². The zero-order valence-corrected chi connectivity index (χ0v) is 22.4. The first kappa shape index (κ1) is 25.8. The van der Waals surface area contributed by atoms with E-state index in [9.17, 15) is 4.79 Å². The fraction of sp³-hybridized carbons (Fsp3) is 0.250. The van der Waals surface area contributed by atoms with Crippen LogP contribution in [0.4, 0.5) is 5.69 Å². The third-order valence-corrected chi connectivity index (χ3v) is 6.69. The van der Waals surface area contributed by atoms with Crippen LogP contribution < -0.4 is 10.1 Å². The van der Waals surface area contributed by atoms with Gasteiger partial charge in [0.25, 0.3) is 0 Å². The van der Waals surface area contributed by atoms with E-state index >= 15 is 0 Å². The van der Waals surface area contributed by atoms with E-state index < -0.39 is 0 Å². The highest BCUT2D eigenvalue weighted by atomic mass is 35.5. The minimum absolute atomic E-state index is 0.0553. The second kappa shape index (κ2) is 11.2. The second-order valence-electron chi connectivity index (χ2n) is 9.24. The molecule has 0 spiro atoms. The van der Waals surface area contributed by atoms with Crippen molar-refractivity contribution in [3.8, 4) is 22.8 Å². The molecule has 0 aliphatic rings. The summed E-state index contributed by atoms with van der Waals surface area (Å²) < 4.78 is 7.58. The average molecular weight is 521 g/mol. The summed E-state index contributed by atoms with van der Waals surface area (Å²) in [4.78, 5) is 12.6. The smallest absolute Gasteiger partial charge is 0.234 e. The average Bonchev–Trinajstić information content (AvgIpc) is 3.28. The Hall–Kier alpha value is -3.29. The van der Waals surface area contributed by atoms with Crippen LogP contribution in [0.5, 0.6) is 5.75 Å². The van der Waals surface area contributed by atoms with Crippen molar-refractivity contribution in [3.63, 3.8) is 0 Å². The summed E-state index contributed by atoms with van der Waals surface area (Å²) in [6, 6.07) is 23.2. The maximum absolute atomic E-state index is 12.6. The number of hydrogen-bond donors (Lipinski definition) is 1. The van der Waals surface area contributed by atoms with Gasteiger partial charge in [0.1, 0.15) is 5.75 Å². The lowest BCUT2D eigenvalue weighted by molar-refractivity contribution is -0.113. The highest BCUT2D eigenvalue weighted by Gasteiger charge is 2.19. The van der Waals surface area contributed by atoms with Gasteiger partial charge in [-0.2, -0.15) is 0 Å². The first-order valence-corrected chi connectivity index (χ1v) is 13.1. The fourth-order valence-electron chi connectivity index (χ4n) is 3.62. The molecule has 1 heterocycles. The van der Waals surface area contributed by atoms with Crippen molar-refractivity contribution in [3.05, 3.63) is 83.4 Å². The maximum atomic E-state index is 12.6. The Morgan fingerprint density at radius 3 is 2.25 bits per heavy atom. The molecule has 0 radical (unpaired) electrons. The number of thioether (sulfide) groups is 1. The first-order chi connectivity index (χ1) is 17.2. The van der Waals surface area contributed by atoms with Gasteiger partial charge >= 0.3 is 0 Å². The number of carbonyl (C=O) groups excluding carboxylic acids is 1. The molecule has 0 fully saturated rings. The van der Waals surface area contributed by atoms with Gasteiger partial charge in [-0.15, -0.1) is 10.2 Å². The zero-order valence-electron chi connectivity index (χ0n) is 20.8. The predicted octanol–water partition coefficient (Wildman–Crippen LogP) is 7.01. The first-order valence-electron chi connectivity index (χ1n) is 11.7. The molecule has 4 aromatic rings. The molecule has 0 aliphatic heterocycles. The van der Waals surface area contributed by atoms with Crippen LogP contribution in [0, 0.1) is 0 Å². The van der Waals surface area contributed by atoms with Gasteiger partial charge in [0.05, 0.1) is 12.4 Å². The Morgan fingerprint density at radius 2 is 1.64 bits per heavy atom. The van der Waals surface area contributed by atoms with E-state index in [0.717, 1.165) is 17.0 Å². The quantitative estimate of drug-likeness (QED) is 0.253. The summed E-state index contributed by atoms with van der Waals surface area (Å²) in [7, 11) is 0. The van der Waals surface area contributed by atoms with Gasteiger partial charge in [-0.1, -0.05) is 68.4 Å². The number of aromatic nitrogens is 3. The second-order valence-corrected chi connectivity index (χ2v) is 10.6. The minimum atomic E-state index is -0.139. The number of rotatable bonds is 8. The summed E-state index contributed by atoms with van der Waals surface area (Å²) in [6.45, 7) is 9.12. The van der Waals surface area contributed by atoms with E-state index in [4.69, 9.17) is 16.3 Å². The van der Waals surface area contributed by atoms with E-state index in [2.05, 4.69) is 60.6 Å². The Labute approximate surface area is 221 Å². The Balaban J connectivity index is 1.62. The lowest BCUT2D eigenvalue weighted by atomic mass is 9.87. The van der Waals surface area contributed by atoms with Gasteiger partial charge in [0.15, 0.2) is 11.0 Å². The molecular formula is C28H29ClN4O2S. The van der Waals surface area contributed by atoms with Crippen molar-refractivity contribution in [2.45, 2.75) is 38.3 Å². The summed E-state index contributed by atoms with van der Waals surface area (Å²) in [5, 5.41) is 13.1. The highest BCUT2D eigenvalue weighted by molar-refractivity contribution is 7.99. The minimum Gasteiger partial charge on any atom is -0.494 e. The summed E-state index contributed by atoms with van der Waals surface area (Å²) in [5.74, 6) is 1.54. The number of ether oxygens (including phenoxy) is 1. The van der Waals surface area contributed by atoms with Gasteiger partial charge in [0, 0.05) is 22.0 Å². The lowest BCUT2D eigenvalue weighted by Gasteiger charge is -2.19. The number of carbonyl (C=O) groups is 1. The molecule has 0 saturated carbocycles. The van der Waals surface area contributed by atoms with Crippen molar-refractivity contribution in [1.82, 2.24) is 14.8 Å². The predicted molar refractivity (Wildman–Crippen MR) is 147 cm³/mol. The van der Waals surface area contributed by atoms with Crippen molar-refractivity contribution >= 4 is 35.0 Å². The third kappa shape index (κ3) is 6.28. The number of anilines is 1. The topological polar surface area (TPSA) is 69.0 Å². The van der Waals surface area contributed by atoms with Crippen LogP contribution in [0.1, 0.15) is 33.3 Å². The van der Waals surface area contributed by atoms with E-state index in [1.165, 1.54) is 17.3 Å². The molecule has 8 heteroatoms. The molecule has 4 rings (SSSR count). The molecule has 1 aromatic heterocycles. The maximum Gasteiger partial charge on any atom is 0.234 e. The number of halogens is 1. The van der Waals surface area contributed by atoms with E-state index in [1.54, 1.807) is 24.3 Å². The zero-order chi connectivity index (χ0) is 25.7. The number of nitrogens with one attached hydrogen (secondary N) is 1. The van der Waals surface area contributed by atoms with Crippen LogP contribution in [0.15, 0.2) is 78.0 Å². The molecule has 1 amide bonds. The number of hydrogen-bond acceptors (Lipinski definition) is 5. The normalized spacial score (nSPS) is 11.4. The molecule has 0 unspecified atom stereocenters. The molecule has 186 valence electrons. The molecule has 0 atom stereocenters. The van der Waals surface area contributed by atoms with E-state index in [-0.39, 0.29) is 17.1 Å². The molecule has 0 aliphatic carbocycles. The molecule has 0 bridgehead atoms. The van der Waals surface area contributed by atoms with Crippen LogP contribution >= 0.6 is 23.4 Å². The molecule has 3 aromatic carbocycles. The summed E-state index contributed by atoms with van der Waals surface area (Å²) in [6.07, 6.45) is 0. The van der Waals surface area contributed by atoms with Crippen LogP contribution in [-0.2, 0) is 10.2 Å². The van der Waals surface area contributed by atoms with Crippen LogP contribution in [0.3, 0.4) is 0 Å². The van der Waals surface area contributed by atoms with Gasteiger partial charge in [-0.25, -0.2) is 0 Å². The number of benzene rings is 3. The van der Waals surface area contributed by atoms with Crippen molar-refractivity contribution in [2.75, 3.05) is 17.7 Å². The number of amides is 1. The van der Waals surface area contributed by atoms with Crippen LogP contribution in [-0.4, -0.2) is 33.0 Å². The van der Waals surface area contributed by atoms with Gasteiger partial charge in [-0.3, -0.25) is 9.36 Å². The van der Waals surface area contributed by atoms with Gasteiger partial charge in [-0.05, 0) is 66.4 Å². The standard InChI is InChI=1S/C28H29ClN4O2S/c1-5-35-24-16-14-23(15-17-24)33-26(19-6-8-20(9-7-19)28(2,3)4)31-32-27(33)36-18-25(34)30-22-12-10-21(29)11-13-22/h6-17H,5,18H2,1-4H3,(H,30,34). The van der Waals surface area contributed by atoms with E-state index in [0.29, 0.717) is 28.3 Å². The Kier molecular flexibility index (Phi) is 8.01. The molecule has 36 heavy (non-hydrogen) atoms. The van der Waals surface area contributed by atoms with Crippen molar-refractivity contribution < 1.29 is 9.53 Å². The third-order valence-electron chi connectivity index (χ3n) is 5.51. The fourth-order valence-corrected chi connectivity index (χ4v) is 4.50. The Bertz CT molecular complexity index is 1310. The monoisotopic (exact) mass is 520 g/mol. The molecule has 1 N–H and O–H groups in total. The van der Waals surface area contributed by atoms with Gasteiger partial charge < -0.3 is 10.1 Å². The summed E-state index contributed by atoms with van der Waals surface area (Å²) >= 11 is 7.26. The SMILES string of the molecule is CCOc1ccc(-n2c(SCC(=O)Nc3ccc(Cl)cc3)nnc2-c2ccc(C(C)(C)C)cc2)cc1.